The maximum Gasteiger partial charge on any atom is 0.417 e. The molecule has 0 spiro atoms. The van der Waals surface area contributed by atoms with E-state index in [1.165, 1.54) is 12.1 Å². The van der Waals surface area contributed by atoms with Crippen LogP contribution in [0.2, 0.25) is 5.02 Å². The van der Waals surface area contributed by atoms with Gasteiger partial charge in [-0.1, -0.05) is 11.6 Å². The number of hydrogen-bond acceptors (Lipinski definition) is 3. The molecule has 0 radical (unpaired) electrons. The van der Waals surface area contributed by atoms with Gasteiger partial charge < -0.3 is 10.5 Å². The van der Waals surface area contributed by atoms with E-state index in [0.29, 0.717) is 12.3 Å². The van der Waals surface area contributed by atoms with Gasteiger partial charge in [0.25, 0.3) is 0 Å². The Labute approximate surface area is 115 Å². The van der Waals surface area contributed by atoms with E-state index >= 15 is 0 Å². The van der Waals surface area contributed by atoms with Crippen LogP contribution in [0.25, 0.3) is 0 Å². The highest BCUT2D eigenvalue weighted by atomic mass is 35.5. The lowest BCUT2D eigenvalue weighted by atomic mass is 10.3. The first-order valence-corrected chi connectivity index (χ1v) is 5.61. The highest BCUT2D eigenvalue weighted by Crippen LogP contribution is 2.35. The third-order valence-corrected chi connectivity index (χ3v) is 2.57. The zero-order chi connectivity index (χ0) is 14.9. The second-order valence-electron chi connectivity index (χ2n) is 3.80. The van der Waals surface area contributed by atoms with Crippen molar-refractivity contribution >= 4 is 17.3 Å². The van der Waals surface area contributed by atoms with E-state index in [4.69, 9.17) is 22.1 Å². The third kappa shape index (κ3) is 3.11. The lowest BCUT2D eigenvalue weighted by molar-refractivity contribution is -0.137. The van der Waals surface area contributed by atoms with E-state index in [2.05, 4.69) is 4.98 Å². The number of nitrogens with zero attached hydrogens (tertiary/aromatic N) is 1. The molecule has 0 unspecified atom stereocenters. The average molecular weight is 307 g/mol. The summed E-state index contributed by atoms with van der Waals surface area (Å²) in [6.07, 6.45) is -4.02. The molecule has 1 aromatic carbocycles. The summed E-state index contributed by atoms with van der Waals surface area (Å²) in [6, 6.07) is 4.25. The molecule has 106 valence electrons. The van der Waals surface area contributed by atoms with Crippen molar-refractivity contribution in [3.05, 3.63) is 46.9 Å². The summed E-state index contributed by atoms with van der Waals surface area (Å²) >= 11 is 5.63. The van der Waals surface area contributed by atoms with Crippen molar-refractivity contribution < 1.29 is 22.3 Å². The fourth-order valence-electron chi connectivity index (χ4n) is 1.36. The molecule has 1 heterocycles. The Morgan fingerprint density at radius 1 is 1.20 bits per heavy atom. The first-order valence-electron chi connectivity index (χ1n) is 5.23. The number of halogens is 5. The highest BCUT2D eigenvalue weighted by Gasteiger charge is 2.31. The Morgan fingerprint density at radius 3 is 2.45 bits per heavy atom. The van der Waals surface area contributed by atoms with E-state index in [0.717, 1.165) is 6.07 Å². The van der Waals surface area contributed by atoms with Crippen LogP contribution in [-0.4, -0.2) is 4.98 Å². The number of nitrogens with two attached hydrogens (primary N) is 1. The topological polar surface area (TPSA) is 48.1 Å². The van der Waals surface area contributed by atoms with Gasteiger partial charge in [-0.05, 0) is 18.2 Å². The summed E-state index contributed by atoms with van der Waals surface area (Å²) in [5.74, 6) is -1.35. The molecular weight excluding hydrogens is 300 g/mol. The first-order chi connectivity index (χ1) is 9.27. The molecule has 0 aliphatic carbocycles. The number of benzene rings is 1. The smallest absolute Gasteiger partial charge is 0.417 e. The van der Waals surface area contributed by atoms with Gasteiger partial charge in [-0.25, -0.2) is 9.37 Å². The Kier molecular flexibility index (Phi) is 3.71. The van der Waals surface area contributed by atoms with Crippen LogP contribution in [-0.2, 0) is 6.18 Å². The summed E-state index contributed by atoms with van der Waals surface area (Å²) < 4.78 is 55.8. The zero-order valence-electron chi connectivity index (χ0n) is 9.71. The van der Waals surface area contributed by atoms with Crippen LogP contribution in [0.1, 0.15) is 5.56 Å². The summed E-state index contributed by atoms with van der Waals surface area (Å²) in [5.41, 5.74) is 4.52. The van der Waals surface area contributed by atoms with Gasteiger partial charge in [-0.3, -0.25) is 0 Å². The highest BCUT2D eigenvalue weighted by molar-refractivity contribution is 6.31. The molecule has 0 bridgehead atoms. The Bertz CT molecular complexity index is 646. The number of rotatable bonds is 2. The van der Waals surface area contributed by atoms with Gasteiger partial charge in [0.1, 0.15) is 5.02 Å². The Hall–Kier alpha value is -2.02. The van der Waals surface area contributed by atoms with Gasteiger partial charge in [0, 0.05) is 18.0 Å². The van der Waals surface area contributed by atoms with Crippen LogP contribution in [0.4, 0.5) is 23.2 Å². The minimum absolute atomic E-state index is 0.182. The zero-order valence-corrected chi connectivity index (χ0v) is 10.5. The maximum atomic E-state index is 13.5. The molecule has 20 heavy (non-hydrogen) atoms. The van der Waals surface area contributed by atoms with Crippen molar-refractivity contribution in [3.8, 4) is 11.6 Å². The van der Waals surface area contributed by atoms with Crippen molar-refractivity contribution in [1.29, 1.82) is 0 Å². The molecule has 3 nitrogen and oxygen atoms in total. The van der Waals surface area contributed by atoms with Gasteiger partial charge in [-0.2, -0.15) is 13.2 Å². The average Bonchev–Trinajstić information content (AvgIpc) is 2.33. The number of hydrogen-bond donors (Lipinski definition) is 1. The van der Waals surface area contributed by atoms with Crippen molar-refractivity contribution in [3.63, 3.8) is 0 Å². The van der Waals surface area contributed by atoms with Gasteiger partial charge in [0.15, 0.2) is 11.6 Å². The number of anilines is 1. The number of nitrogen functional groups attached to an aromatic ring is 1. The molecule has 2 rings (SSSR count). The molecule has 0 aliphatic heterocycles. The first kappa shape index (κ1) is 14.4. The number of aromatic nitrogens is 1. The molecule has 2 N–H and O–H groups in total. The van der Waals surface area contributed by atoms with Crippen LogP contribution in [0.5, 0.6) is 11.6 Å². The second kappa shape index (κ2) is 5.16. The van der Waals surface area contributed by atoms with Crippen LogP contribution in [0.3, 0.4) is 0 Å². The number of pyridine rings is 1. The van der Waals surface area contributed by atoms with Crippen LogP contribution in [0, 0.1) is 5.82 Å². The fourth-order valence-corrected chi connectivity index (χ4v) is 1.56. The maximum absolute atomic E-state index is 13.5. The van der Waals surface area contributed by atoms with Crippen molar-refractivity contribution in [2.24, 2.45) is 0 Å². The number of alkyl halides is 3. The predicted octanol–water partition coefficient (Wildman–Crippen LogP) is 4.27. The van der Waals surface area contributed by atoms with Gasteiger partial charge in [0.05, 0.1) is 5.56 Å². The quantitative estimate of drug-likeness (QED) is 0.666. The molecular formula is C12H7ClF4N2O. The predicted molar refractivity (Wildman–Crippen MR) is 65.1 cm³/mol. The molecule has 0 fully saturated rings. The third-order valence-electron chi connectivity index (χ3n) is 2.30. The molecule has 0 aliphatic rings. The second-order valence-corrected chi connectivity index (χ2v) is 4.21. The lowest BCUT2D eigenvalue weighted by Crippen LogP contribution is -2.06. The minimum Gasteiger partial charge on any atom is -0.434 e. The normalized spacial score (nSPS) is 11.4. The Morgan fingerprint density at radius 2 is 1.90 bits per heavy atom. The van der Waals surface area contributed by atoms with Crippen LogP contribution in [0.15, 0.2) is 30.5 Å². The molecule has 2 aromatic rings. The van der Waals surface area contributed by atoms with Gasteiger partial charge in [-0.15, -0.1) is 0 Å². The van der Waals surface area contributed by atoms with Crippen LogP contribution >= 0.6 is 11.6 Å². The molecule has 0 saturated carbocycles. The van der Waals surface area contributed by atoms with Crippen molar-refractivity contribution in [2.75, 3.05) is 5.73 Å². The van der Waals surface area contributed by atoms with E-state index in [-0.39, 0.29) is 22.3 Å². The van der Waals surface area contributed by atoms with Crippen molar-refractivity contribution in [2.45, 2.75) is 6.18 Å². The van der Waals surface area contributed by atoms with Gasteiger partial charge in [0.2, 0.25) is 5.88 Å². The molecule has 8 heteroatoms. The standard InChI is InChI=1S/C12H7ClF4N2O/c13-8-3-6(12(15,16)17)5-19-11(8)20-10-2-1-7(18)4-9(10)14/h1-5H,18H2. The van der Waals surface area contributed by atoms with Gasteiger partial charge >= 0.3 is 6.18 Å². The Balaban J connectivity index is 2.30. The molecule has 0 atom stereocenters. The van der Waals surface area contributed by atoms with E-state index < -0.39 is 17.6 Å². The van der Waals surface area contributed by atoms with Crippen molar-refractivity contribution in [1.82, 2.24) is 4.98 Å². The summed E-state index contributed by atoms with van der Waals surface area (Å²) in [4.78, 5) is 3.43. The summed E-state index contributed by atoms with van der Waals surface area (Å²) in [7, 11) is 0. The molecule has 1 aromatic heterocycles. The molecule has 0 amide bonds. The monoisotopic (exact) mass is 306 g/mol. The van der Waals surface area contributed by atoms with Crippen LogP contribution < -0.4 is 10.5 Å². The van der Waals surface area contributed by atoms with E-state index in [1.54, 1.807) is 0 Å². The summed E-state index contributed by atoms with van der Waals surface area (Å²) in [5, 5.41) is -0.379. The number of ether oxygens (including phenoxy) is 1. The van der Waals surface area contributed by atoms with E-state index in [9.17, 15) is 17.6 Å². The largest absolute Gasteiger partial charge is 0.434 e. The molecule has 0 saturated heterocycles. The summed E-state index contributed by atoms with van der Waals surface area (Å²) in [6.45, 7) is 0. The lowest BCUT2D eigenvalue weighted by Gasteiger charge is -2.10. The van der Waals surface area contributed by atoms with E-state index in [1.807, 2.05) is 0 Å². The fraction of sp³-hybridized carbons (Fsp3) is 0.0833. The minimum atomic E-state index is -4.57. The SMILES string of the molecule is Nc1ccc(Oc2ncc(C(F)(F)F)cc2Cl)c(F)c1.